The van der Waals surface area contributed by atoms with Crippen molar-refractivity contribution in [2.24, 2.45) is 21.5 Å². The first kappa shape index (κ1) is 66.5. The summed E-state index contributed by atoms with van der Waals surface area (Å²) in [5, 5.41) is 9.58. The largest absolute Gasteiger partial charge is 0.491 e. The average molecular weight is 1180 g/mol. The second kappa shape index (κ2) is 36.3. The molecule has 4 amide bonds. The van der Waals surface area contributed by atoms with Crippen molar-refractivity contribution in [2.75, 3.05) is 103 Å². The molecule has 0 fully saturated rings. The van der Waals surface area contributed by atoms with E-state index < -0.39 is 48.0 Å². The summed E-state index contributed by atoms with van der Waals surface area (Å²) in [5.74, 6) is -1.98. The number of nitrogens with one attached hydrogen (secondary N) is 4. The van der Waals surface area contributed by atoms with E-state index in [-0.39, 0.29) is 124 Å². The number of aryl methyl sites for hydroxylation is 3. The van der Waals surface area contributed by atoms with Gasteiger partial charge in [-0.15, -0.1) is 0 Å². The minimum atomic E-state index is -1.12. The summed E-state index contributed by atoms with van der Waals surface area (Å²) in [6.45, 7) is 3.11. The lowest BCUT2D eigenvalue weighted by molar-refractivity contribution is -0.143. The van der Waals surface area contributed by atoms with E-state index >= 15 is 0 Å². The van der Waals surface area contributed by atoms with E-state index in [0.717, 1.165) is 57.5 Å². The highest BCUT2D eigenvalue weighted by Crippen LogP contribution is 2.19. The van der Waals surface area contributed by atoms with Gasteiger partial charge in [-0.1, -0.05) is 35.9 Å². The van der Waals surface area contributed by atoms with Gasteiger partial charge in [0.2, 0.25) is 0 Å². The molecule has 0 spiro atoms. The third-order valence-electron chi connectivity index (χ3n) is 11.6. The molecule has 83 heavy (non-hydrogen) atoms. The number of alkyl carbamates (subject to hydrolysis) is 2. The smallest absolute Gasteiger partial charge is 0.407 e. The molecule has 2 aromatic heterocycles. The van der Waals surface area contributed by atoms with E-state index in [2.05, 4.69) is 51.2 Å². The fourth-order valence-corrected chi connectivity index (χ4v) is 7.37. The number of unbranched alkanes of at least 4 members (excludes halogenated alkanes) is 2. The van der Waals surface area contributed by atoms with Gasteiger partial charge in [-0.05, 0) is 100 Å². The van der Waals surface area contributed by atoms with E-state index in [1.54, 1.807) is 6.92 Å². The molecule has 0 aliphatic heterocycles. The number of halogens is 1. The molecular weight excluding hydrogens is 1110 g/mol. The van der Waals surface area contributed by atoms with Crippen molar-refractivity contribution in [3.63, 3.8) is 0 Å². The van der Waals surface area contributed by atoms with Gasteiger partial charge in [-0.25, -0.2) is 39.1 Å². The van der Waals surface area contributed by atoms with E-state index in [9.17, 15) is 28.8 Å². The Bertz CT molecular complexity index is 2630. The molecule has 0 aliphatic rings. The molecule has 452 valence electrons. The van der Waals surface area contributed by atoms with E-state index in [1.165, 1.54) is 0 Å². The third kappa shape index (κ3) is 25.1. The molecule has 0 bridgehead atoms. The Hall–Kier alpha value is -9.03. The number of esters is 2. The number of rotatable bonds is 34. The molecule has 0 aliphatic carbocycles. The fraction of sp³-hybridized carbons (Fsp3) is 0.462. The molecule has 0 radical (unpaired) electrons. The van der Waals surface area contributed by atoms with Gasteiger partial charge in [0.25, 0.3) is 11.8 Å². The lowest BCUT2D eigenvalue weighted by Crippen LogP contribution is -2.44. The number of aliphatic imine (C=N–C) groups is 2. The van der Waals surface area contributed by atoms with Crippen LogP contribution in [0.5, 0.6) is 11.5 Å². The average Bonchev–Trinajstić information content (AvgIpc) is 3.49. The zero-order valence-corrected chi connectivity index (χ0v) is 47.2. The molecule has 30 nitrogen and oxygen atoms in total. The van der Waals surface area contributed by atoms with E-state index in [1.807, 2.05) is 48.5 Å². The second-order valence-electron chi connectivity index (χ2n) is 17.8. The summed E-state index contributed by atoms with van der Waals surface area (Å²) >= 11 is 5.83. The SMILES string of the molecule is COC(=O)C(CCCC(NC(=O)OCCOCCOc1ccc(CCCCN=C(N)NC(=O)c2nc(Cl)c(N)nc2N)cc1)C(=O)OC)NC(=O)OCCOCCOc1ccc(CCCCN=C(N)NC(=O)c2nc(C)c(N)nc2N)cc1. The summed E-state index contributed by atoms with van der Waals surface area (Å²) in [6.07, 6.45) is 3.05. The normalized spacial score (nSPS) is 12.0. The first-order valence-electron chi connectivity index (χ1n) is 26.2. The van der Waals surface area contributed by atoms with Crippen LogP contribution in [0.1, 0.15) is 82.7 Å². The van der Waals surface area contributed by atoms with Gasteiger partial charge in [0, 0.05) is 13.1 Å². The monoisotopic (exact) mass is 1180 g/mol. The van der Waals surface area contributed by atoms with E-state index in [0.29, 0.717) is 36.7 Å². The van der Waals surface area contributed by atoms with Crippen molar-refractivity contribution in [3.05, 3.63) is 81.9 Å². The number of aromatic nitrogens is 4. The maximum atomic E-state index is 12.5. The minimum Gasteiger partial charge on any atom is -0.491 e. The molecule has 2 atom stereocenters. The van der Waals surface area contributed by atoms with E-state index in [4.69, 9.17) is 83.9 Å². The van der Waals surface area contributed by atoms with Gasteiger partial charge in [-0.3, -0.25) is 30.2 Å². The number of hydrogen-bond acceptors (Lipinski definition) is 24. The number of benzene rings is 2. The Morgan fingerprint density at radius 1 is 0.530 bits per heavy atom. The maximum absolute atomic E-state index is 12.5. The van der Waals surface area contributed by atoms with Gasteiger partial charge >= 0.3 is 24.1 Å². The Morgan fingerprint density at radius 2 is 0.940 bits per heavy atom. The number of ether oxygens (including phenoxy) is 8. The number of nitrogens with two attached hydrogens (primary N) is 6. The number of nitrogen functional groups attached to an aromatic ring is 4. The van der Waals surface area contributed by atoms with Gasteiger partial charge < -0.3 is 82.9 Å². The number of guanidine groups is 2. The number of carbonyl (C=O) groups excluding carboxylic acids is 6. The van der Waals surface area contributed by atoms with Crippen LogP contribution >= 0.6 is 11.6 Å². The standard InChI is InChI=1S/C52H73ClN16O14/c1-31-41(54)66-42(55)38(62-31)45(70)68-49(58)60-21-6-4-9-32-13-17-34(18-14-32)80-27-23-78-25-29-82-51(74)63-36(47(72)76-2)11-8-12-37(48(73)77-3)64-52(75)83-30-26-79-24-28-81-35-19-15-33(16-20-35)10-5-7-22-61-50(59)69-46(71)39-43(56)67-44(57)40(53)65-39/h13-20,36-37H,4-12,21-30H2,1-3H3,(H,63,74)(H,64,75)(H4,54,55,66)(H4,56,57,67)(H3,58,60,68,70)(H3,59,61,69,71). The zero-order chi connectivity index (χ0) is 60.5. The number of nitrogens with zero attached hydrogens (tertiary/aromatic N) is 6. The molecule has 16 N–H and O–H groups in total. The lowest BCUT2D eigenvalue weighted by atomic mass is 10.1. The Kier molecular flexibility index (Phi) is 29.1. The van der Waals surface area contributed by atoms with Crippen molar-refractivity contribution < 1.29 is 66.7 Å². The Labute approximate surface area is 483 Å². The highest BCUT2D eigenvalue weighted by molar-refractivity contribution is 6.31. The van der Waals surface area contributed by atoms with Crippen LogP contribution in [0.2, 0.25) is 5.15 Å². The van der Waals surface area contributed by atoms with Crippen molar-refractivity contribution in [1.82, 2.24) is 41.2 Å². The molecule has 2 aromatic carbocycles. The number of carbonyl (C=O) groups is 6. The Balaban J connectivity index is 1.00. The summed E-state index contributed by atoms with van der Waals surface area (Å²) in [6, 6.07) is 12.9. The predicted octanol–water partition coefficient (Wildman–Crippen LogP) is 1.89. The molecule has 2 heterocycles. The van der Waals surface area contributed by atoms with Crippen molar-refractivity contribution >= 4 is 82.7 Å². The van der Waals surface area contributed by atoms with Gasteiger partial charge in [-0.2, -0.15) is 0 Å². The molecule has 0 saturated heterocycles. The number of amides is 4. The predicted molar refractivity (Wildman–Crippen MR) is 305 cm³/mol. The van der Waals surface area contributed by atoms with Crippen LogP contribution in [0, 0.1) is 6.92 Å². The lowest BCUT2D eigenvalue weighted by Gasteiger charge is -2.19. The summed E-state index contributed by atoms with van der Waals surface area (Å²) in [5.41, 5.74) is 36.6. The summed E-state index contributed by atoms with van der Waals surface area (Å²) in [4.78, 5) is 98.8. The Morgan fingerprint density at radius 3 is 1.37 bits per heavy atom. The van der Waals surface area contributed by atoms with Gasteiger partial charge in [0.05, 0.1) is 46.3 Å². The minimum absolute atomic E-state index is 0.0314. The summed E-state index contributed by atoms with van der Waals surface area (Å²) in [7, 11) is 2.32. The maximum Gasteiger partial charge on any atom is 0.407 e. The highest BCUT2D eigenvalue weighted by atomic mass is 35.5. The highest BCUT2D eigenvalue weighted by Gasteiger charge is 2.26. The van der Waals surface area contributed by atoms with Crippen molar-refractivity contribution in [2.45, 2.75) is 76.8 Å². The van der Waals surface area contributed by atoms with Crippen LogP contribution in [0.3, 0.4) is 0 Å². The molecule has 4 aromatic rings. The van der Waals surface area contributed by atoms with Crippen LogP contribution in [-0.4, -0.2) is 160 Å². The first-order chi connectivity index (χ1) is 39.9. The quantitative estimate of drug-likeness (QED) is 0.0105. The molecule has 0 saturated carbocycles. The summed E-state index contributed by atoms with van der Waals surface area (Å²) < 4.78 is 42.5. The molecule has 31 heteroatoms. The zero-order valence-electron chi connectivity index (χ0n) is 46.4. The van der Waals surface area contributed by atoms with Crippen LogP contribution < -0.4 is 65.1 Å². The topological polar surface area (TPSA) is 457 Å². The number of hydrogen-bond donors (Lipinski definition) is 10. The van der Waals surface area contributed by atoms with Crippen LogP contribution in [0.15, 0.2) is 58.5 Å². The number of anilines is 4. The second-order valence-corrected chi connectivity index (χ2v) is 18.1. The molecule has 2 unspecified atom stereocenters. The van der Waals surface area contributed by atoms with Crippen LogP contribution in [0.4, 0.5) is 32.9 Å². The molecule has 4 rings (SSSR count). The molecular formula is C52H73ClN16O14. The van der Waals surface area contributed by atoms with Gasteiger partial charge in [0.15, 0.2) is 45.9 Å². The fourth-order valence-electron chi connectivity index (χ4n) is 7.24. The van der Waals surface area contributed by atoms with Gasteiger partial charge in [0.1, 0.15) is 55.8 Å². The van der Waals surface area contributed by atoms with Crippen LogP contribution in [-0.2, 0) is 50.9 Å². The first-order valence-corrected chi connectivity index (χ1v) is 26.6. The number of methoxy groups -OCH3 is 2. The van der Waals surface area contributed by atoms with Crippen LogP contribution in [0.25, 0.3) is 0 Å². The van der Waals surface area contributed by atoms with Crippen molar-refractivity contribution in [3.8, 4) is 11.5 Å². The van der Waals surface area contributed by atoms with Crippen molar-refractivity contribution in [1.29, 1.82) is 0 Å². The third-order valence-corrected chi connectivity index (χ3v) is 11.8.